The summed E-state index contributed by atoms with van der Waals surface area (Å²) in [6.07, 6.45) is 0.789. The van der Waals surface area contributed by atoms with Crippen molar-refractivity contribution in [1.82, 2.24) is 10.2 Å². The zero-order valence-corrected chi connectivity index (χ0v) is 22.2. The molecule has 206 valence electrons. The van der Waals surface area contributed by atoms with Gasteiger partial charge in [0.25, 0.3) is 0 Å². The van der Waals surface area contributed by atoms with Crippen molar-refractivity contribution in [2.45, 2.75) is 44.6 Å². The van der Waals surface area contributed by atoms with Gasteiger partial charge in [-0.05, 0) is 80.3 Å². The van der Waals surface area contributed by atoms with E-state index in [-0.39, 0.29) is 31.1 Å². The first-order valence-electron chi connectivity index (χ1n) is 12.5. The quantitative estimate of drug-likeness (QED) is 0.311. The fraction of sp³-hybridized carbons (Fsp3) is 0.286. The number of nitrogens with zero attached hydrogens (tertiary/aromatic N) is 1. The molecule has 1 heterocycles. The van der Waals surface area contributed by atoms with E-state index in [0.717, 1.165) is 29.8 Å². The third kappa shape index (κ3) is 7.57. The van der Waals surface area contributed by atoms with E-state index in [9.17, 15) is 22.9 Å². The molecule has 8 nitrogen and oxygen atoms in total. The number of rotatable bonds is 9. The van der Waals surface area contributed by atoms with E-state index in [1.165, 1.54) is 36.1 Å². The Kier molecular flexibility index (Phi) is 9.19. The van der Waals surface area contributed by atoms with Crippen LogP contribution in [-0.2, 0) is 20.7 Å². The first-order valence-corrected chi connectivity index (χ1v) is 14.1. The van der Waals surface area contributed by atoms with Crippen LogP contribution in [0.3, 0.4) is 0 Å². The first kappa shape index (κ1) is 28.1. The molecule has 1 fully saturated rings. The predicted molar refractivity (Wildman–Crippen MR) is 140 cm³/mol. The molecular weight excluding hydrogens is 529 g/mol. The van der Waals surface area contributed by atoms with Crippen LogP contribution >= 0.6 is 7.60 Å². The second kappa shape index (κ2) is 12.8. The number of halogens is 2. The molecular formula is C28H29F2N2O6P. The fourth-order valence-electron chi connectivity index (χ4n) is 4.18. The largest absolute Gasteiger partial charge is 0.453 e. The number of amides is 2. The van der Waals surface area contributed by atoms with Gasteiger partial charge in [-0.15, -0.1) is 0 Å². The van der Waals surface area contributed by atoms with Gasteiger partial charge in [0.2, 0.25) is 5.91 Å². The highest BCUT2D eigenvalue weighted by Crippen LogP contribution is 2.56. The Morgan fingerprint density at radius 2 is 1.49 bits per heavy atom. The molecule has 0 saturated carbocycles. The van der Waals surface area contributed by atoms with Crippen LogP contribution in [0.1, 0.15) is 31.7 Å². The summed E-state index contributed by atoms with van der Waals surface area (Å²) in [7, 11) is -4.19. The Bertz CT molecular complexity index is 1260. The first-order chi connectivity index (χ1) is 18.7. The highest BCUT2D eigenvalue weighted by molar-refractivity contribution is 7.55. The van der Waals surface area contributed by atoms with Gasteiger partial charge in [-0.2, -0.15) is 0 Å². The van der Waals surface area contributed by atoms with Crippen LogP contribution in [0.4, 0.5) is 13.6 Å². The molecule has 0 spiro atoms. The summed E-state index contributed by atoms with van der Waals surface area (Å²) in [4.78, 5) is 27.2. The summed E-state index contributed by atoms with van der Waals surface area (Å²) in [5.41, 5.74) is 0.791. The van der Waals surface area contributed by atoms with Gasteiger partial charge in [0.05, 0.1) is 0 Å². The average Bonchev–Trinajstić information content (AvgIpc) is 2.94. The van der Waals surface area contributed by atoms with Crippen molar-refractivity contribution in [3.63, 3.8) is 0 Å². The van der Waals surface area contributed by atoms with Gasteiger partial charge in [0.1, 0.15) is 35.8 Å². The van der Waals surface area contributed by atoms with Crippen molar-refractivity contribution in [3.05, 3.63) is 96.1 Å². The number of hydrogen-bond donors (Lipinski definition) is 1. The molecule has 1 aliphatic rings. The normalized spacial score (nSPS) is 16.2. The van der Waals surface area contributed by atoms with Gasteiger partial charge >= 0.3 is 13.7 Å². The van der Waals surface area contributed by atoms with Crippen molar-refractivity contribution in [3.8, 4) is 11.5 Å². The van der Waals surface area contributed by atoms with Gasteiger partial charge in [-0.25, -0.2) is 18.1 Å². The maximum absolute atomic E-state index is 14.4. The number of nitrogens with one attached hydrogen (secondary N) is 1. The van der Waals surface area contributed by atoms with E-state index < -0.39 is 43.1 Å². The average molecular weight is 559 g/mol. The van der Waals surface area contributed by atoms with Gasteiger partial charge in [-0.1, -0.05) is 30.3 Å². The topological polar surface area (TPSA) is 94.2 Å². The van der Waals surface area contributed by atoms with Gasteiger partial charge < -0.3 is 24.0 Å². The molecule has 1 unspecified atom stereocenters. The number of alkyl carbamates (subject to hydrolysis) is 1. The summed E-state index contributed by atoms with van der Waals surface area (Å²) in [6.45, 7) is 1.79. The molecule has 3 aromatic carbocycles. The summed E-state index contributed by atoms with van der Waals surface area (Å²) >= 11 is 0. The van der Waals surface area contributed by atoms with E-state index >= 15 is 0 Å². The molecule has 39 heavy (non-hydrogen) atoms. The summed E-state index contributed by atoms with van der Waals surface area (Å²) < 4.78 is 58.2. The van der Waals surface area contributed by atoms with Crippen LogP contribution in [-0.4, -0.2) is 35.3 Å². The van der Waals surface area contributed by atoms with Crippen LogP contribution in [0.5, 0.6) is 11.5 Å². The van der Waals surface area contributed by atoms with Crippen molar-refractivity contribution in [2.75, 3.05) is 6.54 Å². The molecule has 0 radical (unpaired) electrons. The van der Waals surface area contributed by atoms with Crippen LogP contribution in [0.25, 0.3) is 0 Å². The van der Waals surface area contributed by atoms with E-state index in [0.29, 0.717) is 12.8 Å². The third-order valence-electron chi connectivity index (χ3n) is 6.13. The van der Waals surface area contributed by atoms with Crippen LogP contribution in [0.15, 0.2) is 78.9 Å². The van der Waals surface area contributed by atoms with Gasteiger partial charge in [-0.3, -0.25) is 4.79 Å². The second-order valence-electron chi connectivity index (χ2n) is 9.07. The summed E-state index contributed by atoms with van der Waals surface area (Å²) in [6, 6.07) is 17.9. The molecule has 1 aliphatic heterocycles. The zero-order valence-electron chi connectivity index (χ0n) is 21.3. The molecule has 2 amide bonds. The SMILES string of the molecule is C[C@H](NC(=O)OCc1ccccc1)C(=O)N1CCCCC1P(=O)(Oc1ccc(F)cc1)Oc1ccc(F)cc1. The van der Waals surface area contributed by atoms with Gasteiger partial charge in [0.15, 0.2) is 5.78 Å². The second-order valence-corrected chi connectivity index (χ2v) is 11.1. The van der Waals surface area contributed by atoms with Crippen LogP contribution in [0.2, 0.25) is 0 Å². The minimum atomic E-state index is -4.19. The molecule has 0 bridgehead atoms. The highest BCUT2D eigenvalue weighted by Gasteiger charge is 2.47. The van der Waals surface area contributed by atoms with Crippen LogP contribution in [0, 0.1) is 11.6 Å². The van der Waals surface area contributed by atoms with E-state index in [4.69, 9.17) is 13.8 Å². The zero-order chi connectivity index (χ0) is 27.8. The molecule has 0 aromatic heterocycles. The minimum Gasteiger partial charge on any atom is -0.445 e. The minimum absolute atomic E-state index is 0.0339. The number of carbonyl (C=O) groups is 2. The summed E-state index contributed by atoms with van der Waals surface area (Å²) in [5.74, 6) is -2.37. The predicted octanol–water partition coefficient (Wildman–Crippen LogP) is 6.27. The van der Waals surface area contributed by atoms with Crippen molar-refractivity contribution in [2.24, 2.45) is 0 Å². The number of carbonyl (C=O) groups excluding carboxylic acids is 2. The monoisotopic (exact) mass is 558 g/mol. The van der Waals surface area contributed by atoms with E-state index in [1.54, 1.807) is 12.1 Å². The highest BCUT2D eigenvalue weighted by atomic mass is 31.2. The maximum Gasteiger partial charge on any atom is 0.453 e. The van der Waals surface area contributed by atoms with E-state index in [1.807, 2.05) is 18.2 Å². The van der Waals surface area contributed by atoms with E-state index in [2.05, 4.69) is 5.32 Å². The van der Waals surface area contributed by atoms with Gasteiger partial charge in [0, 0.05) is 6.54 Å². The lowest BCUT2D eigenvalue weighted by Crippen LogP contribution is -2.52. The summed E-state index contributed by atoms with van der Waals surface area (Å²) in [5, 5.41) is 2.52. The Balaban J connectivity index is 1.52. The number of benzene rings is 3. The van der Waals surface area contributed by atoms with Crippen LogP contribution < -0.4 is 14.4 Å². The molecule has 1 N–H and O–H groups in total. The maximum atomic E-state index is 14.4. The standard InChI is InChI=1S/C28H29F2N2O6P/c1-20(31-28(34)36-19-21-7-3-2-4-8-21)27(33)32-18-6-5-9-26(32)39(35,37-24-14-10-22(29)11-15-24)38-25-16-12-23(30)13-17-25/h2-4,7-8,10-17,20,26H,5-6,9,18-19H2,1H3,(H,31,34)/t20-,26?/m0/s1. The third-order valence-corrected chi connectivity index (χ3v) is 8.33. The number of hydrogen-bond acceptors (Lipinski definition) is 6. The molecule has 11 heteroatoms. The smallest absolute Gasteiger partial charge is 0.445 e. The Hall–Kier alpha value is -3.91. The van der Waals surface area contributed by atoms with Crippen molar-refractivity contribution in [1.29, 1.82) is 0 Å². The van der Waals surface area contributed by atoms with Crippen molar-refractivity contribution < 1.29 is 36.7 Å². The number of likely N-dealkylation sites (tertiary alicyclic amines) is 1. The Morgan fingerprint density at radius 1 is 0.923 bits per heavy atom. The molecule has 2 atom stereocenters. The molecule has 3 aromatic rings. The Labute approximate surface area is 225 Å². The molecule has 1 saturated heterocycles. The lowest BCUT2D eigenvalue weighted by molar-refractivity contribution is -0.135. The number of piperidine rings is 1. The Morgan fingerprint density at radius 3 is 2.05 bits per heavy atom. The molecule has 0 aliphatic carbocycles. The number of ether oxygens (including phenoxy) is 1. The van der Waals surface area contributed by atoms with Crippen molar-refractivity contribution >= 4 is 19.6 Å². The fourth-order valence-corrected chi connectivity index (χ4v) is 6.36. The lowest BCUT2D eigenvalue weighted by Gasteiger charge is -2.39. The molecule has 4 rings (SSSR count). The lowest BCUT2D eigenvalue weighted by atomic mass is 10.1.